The number of benzene rings is 1. The van der Waals surface area contributed by atoms with Gasteiger partial charge in [-0.3, -0.25) is 0 Å². The highest BCUT2D eigenvalue weighted by Gasteiger charge is 2.49. The molecule has 2 aromatic rings. The molecule has 0 radical (unpaired) electrons. The van der Waals surface area contributed by atoms with Crippen LogP contribution in [0.4, 0.5) is 0 Å². The molecule has 0 saturated heterocycles. The number of sulfonamides is 1. The number of hydrogen-bond donors (Lipinski definition) is 1. The molecule has 7 nitrogen and oxygen atoms in total. The second kappa shape index (κ2) is 6.85. The molecule has 1 aliphatic carbocycles. The highest BCUT2D eigenvalue weighted by molar-refractivity contribution is 7.89. The Kier molecular flexibility index (Phi) is 4.90. The third-order valence-corrected chi connectivity index (χ3v) is 6.71. The summed E-state index contributed by atoms with van der Waals surface area (Å²) in [6.07, 6.45) is 1.30. The van der Waals surface area contributed by atoms with Gasteiger partial charge in [0.1, 0.15) is 0 Å². The van der Waals surface area contributed by atoms with Gasteiger partial charge in [-0.25, -0.2) is 17.9 Å². The molecule has 1 heterocycles. The Morgan fingerprint density at radius 3 is 2.65 bits per heavy atom. The van der Waals surface area contributed by atoms with Crippen LogP contribution in [0, 0.1) is 11.3 Å². The second-order valence-electron chi connectivity index (χ2n) is 7.12. The topological polar surface area (TPSA) is 98.5 Å². The zero-order valence-corrected chi connectivity index (χ0v) is 15.7. The molecule has 1 N–H and O–H groups in total. The van der Waals surface area contributed by atoms with Crippen LogP contribution < -0.4 is 4.72 Å². The fourth-order valence-electron chi connectivity index (χ4n) is 3.27. The summed E-state index contributed by atoms with van der Waals surface area (Å²) in [5, 5.41) is 3.91. The highest BCUT2D eigenvalue weighted by atomic mass is 32.2. The molecule has 140 valence electrons. The lowest BCUT2D eigenvalue weighted by Gasteiger charge is -2.52. The van der Waals surface area contributed by atoms with Gasteiger partial charge in [0.2, 0.25) is 15.8 Å². The van der Waals surface area contributed by atoms with E-state index in [1.165, 1.54) is 7.11 Å². The largest absolute Gasteiger partial charge is 0.463 e. The van der Waals surface area contributed by atoms with E-state index >= 15 is 0 Å². The van der Waals surface area contributed by atoms with Gasteiger partial charge in [0.25, 0.3) is 0 Å². The molecule has 0 bridgehead atoms. The van der Waals surface area contributed by atoms with Crippen molar-refractivity contribution in [3.05, 3.63) is 47.9 Å². The number of esters is 1. The lowest BCUT2D eigenvalue weighted by atomic mass is 9.57. The normalized spacial score (nSPS) is 21.8. The first kappa shape index (κ1) is 18.6. The van der Waals surface area contributed by atoms with Crippen LogP contribution in [0.5, 0.6) is 0 Å². The summed E-state index contributed by atoms with van der Waals surface area (Å²) in [7, 11) is -2.26. The second-order valence-corrected chi connectivity index (χ2v) is 8.83. The maximum atomic E-state index is 12.5. The number of carbonyl (C=O) groups excluding carboxylic acids is 1. The number of carbonyl (C=O) groups is 1. The van der Waals surface area contributed by atoms with Crippen molar-refractivity contribution in [1.82, 2.24) is 9.88 Å². The first-order valence-corrected chi connectivity index (χ1v) is 9.83. The van der Waals surface area contributed by atoms with Crippen LogP contribution in [0.3, 0.4) is 0 Å². The van der Waals surface area contributed by atoms with Crippen molar-refractivity contribution in [3.8, 4) is 0 Å². The number of nitrogens with zero attached hydrogens (tertiary/aromatic N) is 1. The van der Waals surface area contributed by atoms with Gasteiger partial charge in [0.05, 0.1) is 17.7 Å². The van der Waals surface area contributed by atoms with Crippen molar-refractivity contribution in [3.63, 3.8) is 0 Å². The van der Waals surface area contributed by atoms with Gasteiger partial charge in [-0.1, -0.05) is 37.2 Å². The predicted octanol–water partition coefficient (Wildman–Crippen LogP) is 2.40. The van der Waals surface area contributed by atoms with E-state index in [0.29, 0.717) is 18.5 Å². The maximum Gasteiger partial charge on any atom is 0.376 e. The standard InChI is InChI=1S/C18H22N2O5S/c1-18(2)12(9-13-11-15(25-19-13)17(21)24-3)10-16(18)20-26(22,23)14-7-5-4-6-8-14/h4-8,11-12,16,20H,9-10H2,1-3H3/t12-,16+/m1/s1. The minimum atomic E-state index is -3.54. The van der Waals surface area contributed by atoms with Crippen molar-refractivity contribution >= 4 is 16.0 Å². The summed E-state index contributed by atoms with van der Waals surface area (Å²) in [6.45, 7) is 4.06. The number of aromatic nitrogens is 1. The van der Waals surface area contributed by atoms with Crippen molar-refractivity contribution in [2.75, 3.05) is 7.11 Å². The van der Waals surface area contributed by atoms with Crippen molar-refractivity contribution in [1.29, 1.82) is 0 Å². The third-order valence-electron chi connectivity index (χ3n) is 5.22. The van der Waals surface area contributed by atoms with Crippen molar-refractivity contribution < 1.29 is 22.5 Å². The number of nitrogens with one attached hydrogen (secondary N) is 1. The van der Waals surface area contributed by atoms with E-state index in [1.807, 2.05) is 13.8 Å². The van der Waals surface area contributed by atoms with E-state index in [-0.39, 0.29) is 28.0 Å². The molecule has 8 heteroatoms. The summed E-state index contributed by atoms with van der Waals surface area (Å²) in [5.74, 6) is -0.271. The van der Waals surface area contributed by atoms with E-state index in [4.69, 9.17) is 4.52 Å². The molecular weight excluding hydrogens is 356 g/mol. The van der Waals surface area contributed by atoms with Crippen LogP contribution in [0.15, 0.2) is 45.8 Å². The molecule has 1 fully saturated rings. The number of methoxy groups -OCH3 is 1. The third kappa shape index (κ3) is 3.52. The lowest BCUT2D eigenvalue weighted by molar-refractivity contribution is 0.0270. The van der Waals surface area contributed by atoms with Crippen LogP contribution in [-0.2, 0) is 21.2 Å². The molecule has 1 aromatic heterocycles. The van der Waals surface area contributed by atoms with E-state index in [2.05, 4.69) is 14.6 Å². The highest BCUT2D eigenvalue weighted by Crippen LogP contribution is 2.48. The van der Waals surface area contributed by atoms with Gasteiger partial charge in [0.15, 0.2) is 0 Å². The molecule has 0 aliphatic heterocycles. The van der Waals surface area contributed by atoms with E-state index in [9.17, 15) is 13.2 Å². The Morgan fingerprint density at radius 1 is 1.35 bits per heavy atom. The Bertz CT molecular complexity index is 889. The van der Waals surface area contributed by atoms with E-state index in [1.54, 1.807) is 36.4 Å². The molecule has 1 saturated carbocycles. The Balaban J connectivity index is 1.65. The van der Waals surface area contributed by atoms with Gasteiger partial charge in [-0.2, -0.15) is 0 Å². The molecule has 1 aliphatic rings. The average molecular weight is 378 g/mol. The smallest absolute Gasteiger partial charge is 0.376 e. The summed E-state index contributed by atoms with van der Waals surface area (Å²) >= 11 is 0. The Labute approximate surface area is 152 Å². The van der Waals surface area contributed by atoms with E-state index in [0.717, 1.165) is 0 Å². The fraction of sp³-hybridized carbons (Fsp3) is 0.444. The minimum Gasteiger partial charge on any atom is -0.463 e. The fourth-order valence-corrected chi connectivity index (χ4v) is 4.70. The summed E-state index contributed by atoms with van der Waals surface area (Å²) < 4.78 is 37.4. The van der Waals surface area contributed by atoms with Crippen molar-refractivity contribution in [2.45, 2.75) is 37.6 Å². The lowest BCUT2D eigenvalue weighted by Crippen LogP contribution is -2.58. The first-order valence-electron chi connectivity index (χ1n) is 8.35. The van der Waals surface area contributed by atoms with Crippen molar-refractivity contribution in [2.24, 2.45) is 11.3 Å². The van der Waals surface area contributed by atoms with Gasteiger partial charge >= 0.3 is 5.97 Å². The summed E-state index contributed by atoms with van der Waals surface area (Å²) in [4.78, 5) is 11.7. The molecule has 0 unspecified atom stereocenters. The maximum absolute atomic E-state index is 12.5. The SMILES string of the molecule is COC(=O)c1cc(C[C@@H]2C[C@H](NS(=O)(=O)c3ccccc3)C2(C)C)no1. The summed E-state index contributed by atoms with van der Waals surface area (Å²) in [5.41, 5.74) is 0.416. The van der Waals surface area contributed by atoms with Gasteiger partial charge in [0, 0.05) is 12.1 Å². The quantitative estimate of drug-likeness (QED) is 0.775. The minimum absolute atomic E-state index is 0.0703. The summed E-state index contributed by atoms with van der Waals surface area (Å²) in [6, 6.07) is 9.75. The van der Waals surface area contributed by atoms with Crippen LogP contribution in [-0.4, -0.2) is 32.7 Å². The molecule has 3 rings (SSSR count). The number of hydrogen-bond acceptors (Lipinski definition) is 6. The van der Waals surface area contributed by atoms with Gasteiger partial charge in [-0.05, 0) is 36.3 Å². The molecule has 2 atom stereocenters. The molecule has 0 spiro atoms. The van der Waals surface area contributed by atoms with Crippen LogP contribution in [0.2, 0.25) is 0 Å². The zero-order chi connectivity index (χ0) is 18.9. The van der Waals surface area contributed by atoms with Crippen LogP contribution >= 0.6 is 0 Å². The van der Waals surface area contributed by atoms with E-state index < -0.39 is 16.0 Å². The molecule has 26 heavy (non-hydrogen) atoms. The average Bonchev–Trinajstić information content (AvgIpc) is 3.09. The zero-order valence-electron chi connectivity index (χ0n) is 14.9. The predicted molar refractivity (Wildman–Crippen MR) is 94.0 cm³/mol. The van der Waals surface area contributed by atoms with Crippen LogP contribution in [0.25, 0.3) is 0 Å². The molecule has 1 aromatic carbocycles. The number of ether oxygens (including phenoxy) is 1. The van der Waals surface area contributed by atoms with Crippen LogP contribution in [0.1, 0.15) is 36.5 Å². The number of rotatable bonds is 6. The Hall–Kier alpha value is -2.19. The van der Waals surface area contributed by atoms with Gasteiger partial charge < -0.3 is 9.26 Å². The van der Waals surface area contributed by atoms with Gasteiger partial charge in [-0.15, -0.1) is 0 Å². The Morgan fingerprint density at radius 2 is 2.04 bits per heavy atom. The molecular formula is C18H22N2O5S. The molecule has 0 amide bonds. The monoisotopic (exact) mass is 378 g/mol. The first-order chi connectivity index (χ1) is 12.2.